The average molecular weight is 153 g/mol. The van der Waals surface area contributed by atoms with E-state index in [9.17, 15) is 9.90 Å². The van der Waals surface area contributed by atoms with Crippen molar-refractivity contribution in [2.24, 2.45) is 0 Å². The Morgan fingerprint density at radius 2 is 1.80 bits per heavy atom. The quantitative estimate of drug-likeness (QED) is 0.350. The fraction of sp³-hybridized carbons (Fsp3) is 0.833. The molecule has 1 aliphatic rings. The van der Waals surface area contributed by atoms with Gasteiger partial charge in [-0.25, -0.2) is 0 Å². The molecule has 0 bridgehead atoms. The van der Waals surface area contributed by atoms with Crippen LogP contribution in [0.1, 0.15) is 20.7 Å². The van der Waals surface area contributed by atoms with Gasteiger partial charge in [0, 0.05) is 14.5 Å². The first-order valence-corrected chi connectivity index (χ1v) is 3.26. The van der Waals surface area contributed by atoms with Crippen molar-refractivity contribution < 1.29 is 40.9 Å². The van der Waals surface area contributed by atoms with Gasteiger partial charge < -0.3 is 14.8 Å². The summed E-state index contributed by atoms with van der Waals surface area (Å²) in [6, 6.07) is 0. The largest absolute Gasteiger partial charge is 1.00 e. The number of likely N-dealkylation sites (tertiary alicyclic amines) is 1. The van der Waals surface area contributed by atoms with Crippen molar-refractivity contribution in [1.82, 2.24) is 4.90 Å². The van der Waals surface area contributed by atoms with Crippen LogP contribution in [0.4, 0.5) is 4.79 Å². The first-order valence-electron chi connectivity index (χ1n) is 3.26. The molecule has 0 aromatic rings. The second-order valence-corrected chi connectivity index (χ2v) is 2.31. The van der Waals surface area contributed by atoms with Crippen molar-refractivity contribution >= 4 is 6.09 Å². The molecule has 1 saturated heterocycles. The Morgan fingerprint density at radius 1 is 1.30 bits per heavy atom. The number of hydrogen-bond donors (Lipinski definition) is 0. The molecule has 10 heavy (non-hydrogen) atoms. The summed E-state index contributed by atoms with van der Waals surface area (Å²) in [4.78, 5) is 11.5. The number of piperidine rings is 1. The van der Waals surface area contributed by atoms with E-state index < -0.39 is 6.09 Å². The van der Waals surface area contributed by atoms with Crippen LogP contribution in [0.25, 0.3) is 0 Å². The van der Waals surface area contributed by atoms with Gasteiger partial charge in [0.25, 0.3) is 0 Å². The summed E-state index contributed by atoms with van der Waals surface area (Å²) >= 11 is 0. The van der Waals surface area contributed by atoms with Crippen LogP contribution in [0.15, 0.2) is 0 Å². The maximum Gasteiger partial charge on any atom is 1.00 e. The molecule has 0 unspecified atom stereocenters. The molecular weight excluding hydrogens is 141 g/mol. The minimum Gasteiger partial charge on any atom is -0.530 e. The number of carbonyl (C=O) groups is 1. The van der Waals surface area contributed by atoms with Gasteiger partial charge in [-0.3, -0.25) is 0 Å². The van der Waals surface area contributed by atoms with E-state index in [0.717, 1.165) is 19.3 Å². The molecule has 0 atom stereocenters. The summed E-state index contributed by atoms with van der Waals surface area (Å²) in [5.41, 5.74) is 0. The van der Waals surface area contributed by atoms with Crippen molar-refractivity contribution in [3.8, 4) is 0 Å². The molecule has 4 heteroatoms. The fourth-order valence-corrected chi connectivity index (χ4v) is 1.08. The number of carbonyl (C=O) groups excluding carboxylic acids is 1. The number of rotatable bonds is 0. The molecule has 0 saturated carbocycles. The Hall–Kier alpha value is 0.270. The zero-order valence-electron chi connectivity index (χ0n) is 6.30. The maximum atomic E-state index is 10.2. The SMILES string of the molecule is O=C([O-])N1CCCCC1.[HH].[Na+]. The Bertz CT molecular complexity index is 117. The second-order valence-electron chi connectivity index (χ2n) is 2.31. The van der Waals surface area contributed by atoms with Crippen LogP contribution in [-0.4, -0.2) is 24.1 Å². The van der Waals surface area contributed by atoms with E-state index >= 15 is 0 Å². The van der Waals surface area contributed by atoms with E-state index in [1.165, 1.54) is 4.90 Å². The van der Waals surface area contributed by atoms with Crippen LogP contribution in [-0.2, 0) is 0 Å². The van der Waals surface area contributed by atoms with Gasteiger partial charge in [0.2, 0.25) is 0 Å². The number of amides is 1. The Balaban J connectivity index is 0. The minimum atomic E-state index is -1.02. The van der Waals surface area contributed by atoms with Crippen molar-refractivity contribution in [1.29, 1.82) is 0 Å². The summed E-state index contributed by atoms with van der Waals surface area (Å²) in [6.07, 6.45) is 2.13. The van der Waals surface area contributed by atoms with Gasteiger partial charge in [-0.05, 0) is 19.3 Å². The van der Waals surface area contributed by atoms with Gasteiger partial charge in [0.05, 0.1) is 0 Å². The standard InChI is InChI=1S/C6H11NO2.Na.H2/c8-6(9)7-4-2-1-3-5-7;;/h1-5H2,(H,8,9);;1H/q;+1;/p-1. The van der Waals surface area contributed by atoms with Gasteiger partial charge in [-0.15, -0.1) is 0 Å². The molecule has 0 radical (unpaired) electrons. The summed E-state index contributed by atoms with van der Waals surface area (Å²) in [7, 11) is 0. The molecule has 0 aliphatic carbocycles. The van der Waals surface area contributed by atoms with Crippen LogP contribution in [0.2, 0.25) is 0 Å². The zero-order chi connectivity index (χ0) is 6.69. The predicted molar refractivity (Wildman–Crippen MR) is 32.9 cm³/mol. The summed E-state index contributed by atoms with van der Waals surface area (Å²) in [5.74, 6) is 0. The number of hydrogen-bond acceptors (Lipinski definition) is 2. The van der Waals surface area contributed by atoms with Gasteiger partial charge in [-0.1, -0.05) is 0 Å². The first kappa shape index (κ1) is 10.3. The van der Waals surface area contributed by atoms with Crippen molar-refractivity contribution in [2.75, 3.05) is 13.1 Å². The van der Waals surface area contributed by atoms with Crippen molar-refractivity contribution in [3.63, 3.8) is 0 Å². The third kappa shape index (κ3) is 2.90. The molecule has 1 heterocycles. The third-order valence-corrected chi connectivity index (χ3v) is 1.61. The zero-order valence-corrected chi connectivity index (χ0v) is 8.30. The van der Waals surface area contributed by atoms with E-state index in [2.05, 4.69) is 0 Å². The average Bonchev–Trinajstić information content (AvgIpc) is 1.90. The third-order valence-electron chi connectivity index (χ3n) is 1.61. The summed E-state index contributed by atoms with van der Waals surface area (Å²) < 4.78 is 0. The molecule has 1 fully saturated rings. The fourth-order valence-electron chi connectivity index (χ4n) is 1.08. The molecule has 1 aliphatic heterocycles. The smallest absolute Gasteiger partial charge is 0.530 e. The first-order chi connectivity index (χ1) is 4.30. The van der Waals surface area contributed by atoms with E-state index in [1.807, 2.05) is 0 Å². The van der Waals surface area contributed by atoms with Crippen LogP contribution in [0, 0.1) is 0 Å². The summed E-state index contributed by atoms with van der Waals surface area (Å²) in [5, 5.41) is 10.2. The molecule has 1 amide bonds. The molecule has 0 N–H and O–H groups in total. The molecule has 0 aromatic heterocycles. The Labute approximate surface area is 84.2 Å². The second kappa shape index (κ2) is 4.99. The summed E-state index contributed by atoms with van der Waals surface area (Å²) in [6.45, 7) is 1.34. The molecule has 3 nitrogen and oxygen atoms in total. The molecular formula is C6H12NNaO2. The number of carboxylic acid groups (broad SMARTS) is 1. The van der Waals surface area contributed by atoms with Crippen molar-refractivity contribution in [2.45, 2.75) is 19.3 Å². The number of nitrogens with zero attached hydrogens (tertiary/aromatic N) is 1. The van der Waals surface area contributed by atoms with E-state index in [4.69, 9.17) is 0 Å². The van der Waals surface area contributed by atoms with Gasteiger partial charge in [0.1, 0.15) is 6.09 Å². The van der Waals surface area contributed by atoms with Gasteiger partial charge >= 0.3 is 29.6 Å². The maximum absolute atomic E-state index is 10.2. The van der Waals surface area contributed by atoms with Crippen LogP contribution >= 0.6 is 0 Å². The van der Waals surface area contributed by atoms with Crippen LogP contribution in [0.5, 0.6) is 0 Å². The van der Waals surface area contributed by atoms with Crippen molar-refractivity contribution in [3.05, 3.63) is 0 Å². The predicted octanol–water partition coefficient (Wildman–Crippen LogP) is -2.93. The normalized spacial score (nSPS) is 17.8. The van der Waals surface area contributed by atoms with E-state index in [-0.39, 0.29) is 31.0 Å². The molecule has 54 valence electrons. The molecule has 1 rings (SSSR count). The Morgan fingerprint density at radius 3 is 2.10 bits per heavy atom. The Kier molecular flexibility index (Phi) is 5.13. The van der Waals surface area contributed by atoms with E-state index in [1.54, 1.807) is 0 Å². The monoisotopic (exact) mass is 153 g/mol. The van der Waals surface area contributed by atoms with Gasteiger partial charge in [-0.2, -0.15) is 0 Å². The van der Waals surface area contributed by atoms with Gasteiger partial charge in [0.15, 0.2) is 0 Å². The topological polar surface area (TPSA) is 43.4 Å². The van der Waals surface area contributed by atoms with E-state index in [0.29, 0.717) is 13.1 Å². The molecule has 0 aromatic carbocycles. The minimum absolute atomic E-state index is 0. The van der Waals surface area contributed by atoms with Crippen LogP contribution < -0.4 is 34.7 Å². The molecule has 0 spiro atoms. The van der Waals surface area contributed by atoms with Crippen LogP contribution in [0.3, 0.4) is 0 Å².